The van der Waals surface area contributed by atoms with E-state index in [9.17, 15) is 4.79 Å². The van der Waals surface area contributed by atoms with Gasteiger partial charge in [0.15, 0.2) is 5.78 Å². The lowest BCUT2D eigenvalue weighted by atomic mass is 9.91. The van der Waals surface area contributed by atoms with Crippen molar-refractivity contribution in [1.82, 2.24) is 0 Å². The summed E-state index contributed by atoms with van der Waals surface area (Å²) in [4.78, 5) is 11.9. The fraction of sp³-hybridized carbons (Fsp3) is 0.812. The predicted octanol–water partition coefficient (Wildman–Crippen LogP) is 5.78. The van der Waals surface area contributed by atoms with Crippen molar-refractivity contribution < 1.29 is 4.79 Å². The zero-order chi connectivity index (χ0) is 13.6. The van der Waals surface area contributed by atoms with Gasteiger partial charge in [-0.3, -0.25) is 4.79 Å². The van der Waals surface area contributed by atoms with E-state index >= 15 is 0 Å². The molecule has 0 aliphatic heterocycles. The first kappa shape index (κ1) is 15.9. The fourth-order valence-corrected chi connectivity index (χ4v) is 3.28. The van der Waals surface area contributed by atoms with Gasteiger partial charge < -0.3 is 0 Å². The third kappa shape index (κ3) is 5.26. The van der Waals surface area contributed by atoms with E-state index in [0.29, 0.717) is 12.2 Å². The Morgan fingerprint density at radius 1 is 1.11 bits per heavy atom. The fourth-order valence-electron chi connectivity index (χ4n) is 2.64. The van der Waals surface area contributed by atoms with Crippen molar-refractivity contribution in [2.24, 2.45) is 5.41 Å². The van der Waals surface area contributed by atoms with Crippen molar-refractivity contribution in [2.45, 2.75) is 78.6 Å². The lowest BCUT2D eigenvalue weighted by Crippen LogP contribution is -2.04. The highest BCUT2D eigenvalue weighted by Crippen LogP contribution is 2.41. The van der Waals surface area contributed by atoms with Crippen LogP contribution in [0.3, 0.4) is 0 Å². The van der Waals surface area contributed by atoms with Crippen LogP contribution < -0.4 is 0 Å². The molecule has 0 bridgehead atoms. The van der Waals surface area contributed by atoms with Crippen LogP contribution >= 0.6 is 15.9 Å². The molecule has 2 heteroatoms. The molecule has 0 spiro atoms. The number of allylic oxidation sites excluding steroid dienone is 2. The molecule has 0 aromatic heterocycles. The number of ketones is 1. The van der Waals surface area contributed by atoms with E-state index in [1.54, 1.807) is 0 Å². The number of hydrogen-bond acceptors (Lipinski definition) is 1. The maximum atomic E-state index is 11.9. The number of unbranched alkanes of at least 4 members (excludes halogenated alkanes) is 5. The Balaban J connectivity index is 2.31. The van der Waals surface area contributed by atoms with Crippen LogP contribution in [0.1, 0.15) is 78.6 Å². The third-order valence-corrected chi connectivity index (χ3v) is 4.58. The Kier molecular flexibility index (Phi) is 6.62. The van der Waals surface area contributed by atoms with Gasteiger partial charge in [-0.2, -0.15) is 0 Å². The van der Waals surface area contributed by atoms with Gasteiger partial charge in [0, 0.05) is 16.5 Å². The van der Waals surface area contributed by atoms with E-state index in [4.69, 9.17) is 0 Å². The van der Waals surface area contributed by atoms with Crippen molar-refractivity contribution in [1.29, 1.82) is 0 Å². The van der Waals surface area contributed by atoms with E-state index in [-0.39, 0.29) is 5.41 Å². The highest BCUT2D eigenvalue weighted by molar-refractivity contribution is 9.11. The molecule has 1 aliphatic carbocycles. The molecule has 1 fully saturated rings. The van der Waals surface area contributed by atoms with E-state index in [1.165, 1.54) is 43.0 Å². The number of Topliss-reactive ketones (excluding diaryl/α,β-unsaturated/α-hetero) is 1. The van der Waals surface area contributed by atoms with Gasteiger partial charge in [0.1, 0.15) is 0 Å². The molecule has 18 heavy (non-hydrogen) atoms. The first-order valence-corrected chi connectivity index (χ1v) is 8.16. The van der Waals surface area contributed by atoms with Crippen LogP contribution in [0.2, 0.25) is 0 Å². The topological polar surface area (TPSA) is 17.1 Å². The van der Waals surface area contributed by atoms with Crippen LogP contribution in [-0.2, 0) is 4.79 Å². The SMILES string of the molecule is CCCCCCCC/C(Br)=C1/CC(C)(C)CC1=O. The minimum Gasteiger partial charge on any atom is -0.295 e. The Hall–Kier alpha value is -0.110. The zero-order valence-electron chi connectivity index (χ0n) is 12.2. The van der Waals surface area contributed by atoms with Crippen LogP contribution in [0, 0.1) is 5.41 Å². The maximum absolute atomic E-state index is 11.9. The second-order valence-electron chi connectivity index (χ2n) is 6.34. The van der Waals surface area contributed by atoms with Crippen LogP contribution in [-0.4, -0.2) is 5.78 Å². The summed E-state index contributed by atoms with van der Waals surface area (Å²) in [5.74, 6) is 0.359. The summed E-state index contributed by atoms with van der Waals surface area (Å²) in [6.45, 7) is 6.61. The van der Waals surface area contributed by atoms with Crippen molar-refractivity contribution >= 4 is 21.7 Å². The van der Waals surface area contributed by atoms with E-state index < -0.39 is 0 Å². The number of carbonyl (C=O) groups excluding carboxylic acids is 1. The molecular formula is C16H27BrO. The molecule has 0 unspecified atom stereocenters. The first-order chi connectivity index (χ1) is 8.46. The van der Waals surface area contributed by atoms with E-state index in [0.717, 1.165) is 18.4 Å². The molecule has 1 saturated carbocycles. The highest BCUT2D eigenvalue weighted by Gasteiger charge is 2.34. The molecule has 1 aliphatic rings. The average molecular weight is 315 g/mol. The second kappa shape index (κ2) is 7.47. The van der Waals surface area contributed by atoms with Crippen molar-refractivity contribution in [2.75, 3.05) is 0 Å². The Labute approximate surface area is 121 Å². The van der Waals surface area contributed by atoms with Crippen LogP contribution in [0.25, 0.3) is 0 Å². The van der Waals surface area contributed by atoms with E-state index in [2.05, 4.69) is 36.7 Å². The molecule has 1 rings (SSSR count). The zero-order valence-corrected chi connectivity index (χ0v) is 13.7. The van der Waals surface area contributed by atoms with Gasteiger partial charge in [0.25, 0.3) is 0 Å². The largest absolute Gasteiger partial charge is 0.295 e. The highest BCUT2D eigenvalue weighted by atomic mass is 79.9. The smallest absolute Gasteiger partial charge is 0.160 e. The van der Waals surface area contributed by atoms with Gasteiger partial charge in [0.05, 0.1) is 0 Å². The van der Waals surface area contributed by atoms with E-state index in [1.807, 2.05) is 0 Å². The quantitative estimate of drug-likeness (QED) is 0.430. The van der Waals surface area contributed by atoms with Gasteiger partial charge in [-0.25, -0.2) is 0 Å². The van der Waals surface area contributed by atoms with Crippen LogP contribution in [0.5, 0.6) is 0 Å². The van der Waals surface area contributed by atoms with Gasteiger partial charge in [-0.1, -0.05) is 68.8 Å². The minimum atomic E-state index is 0.173. The number of carbonyl (C=O) groups is 1. The molecule has 104 valence electrons. The molecule has 0 amide bonds. The van der Waals surface area contributed by atoms with Crippen molar-refractivity contribution in [3.8, 4) is 0 Å². The third-order valence-electron chi connectivity index (χ3n) is 3.71. The summed E-state index contributed by atoms with van der Waals surface area (Å²) in [7, 11) is 0. The summed E-state index contributed by atoms with van der Waals surface area (Å²) in [6, 6.07) is 0. The minimum absolute atomic E-state index is 0.173. The summed E-state index contributed by atoms with van der Waals surface area (Å²) >= 11 is 3.64. The number of hydrogen-bond donors (Lipinski definition) is 0. The maximum Gasteiger partial charge on any atom is 0.160 e. The summed E-state index contributed by atoms with van der Waals surface area (Å²) < 4.78 is 1.17. The molecule has 1 nitrogen and oxygen atoms in total. The monoisotopic (exact) mass is 314 g/mol. The van der Waals surface area contributed by atoms with Crippen molar-refractivity contribution in [3.05, 3.63) is 10.1 Å². The van der Waals surface area contributed by atoms with Gasteiger partial charge >= 0.3 is 0 Å². The normalized spacial score (nSPS) is 21.4. The average Bonchev–Trinajstić information content (AvgIpc) is 2.57. The lowest BCUT2D eigenvalue weighted by Gasteiger charge is -2.13. The Bertz CT molecular complexity index is 315. The standard InChI is InChI=1S/C16H27BrO/c1-4-5-6-7-8-9-10-14(17)13-11-16(2,3)12-15(13)18/h4-12H2,1-3H3/b14-13+. The molecule has 0 atom stereocenters. The number of halogens is 1. The molecule has 0 N–H and O–H groups in total. The van der Waals surface area contributed by atoms with Crippen LogP contribution in [0.4, 0.5) is 0 Å². The Morgan fingerprint density at radius 3 is 2.28 bits per heavy atom. The summed E-state index contributed by atoms with van der Waals surface area (Å²) in [6.07, 6.45) is 10.6. The van der Waals surface area contributed by atoms with Crippen LogP contribution in [0.15, 0.2) is 10.1 Å². The molecule has 0 radical (unpaired) electrons. The molecule has 0 aromatic carbocycles. The summed E-state index contributed by atoms with van der Waals surface area (Å²) in [5, 5.41) is 0. The van der Waals surface area contributed by atoms with Crippen molar-refractivity contribution in [3.63, 3.8) is 0 Å². The summed E-state index contributed by atoms with van der Waals surface area (Å²) in [5.41, 5.74) is 1.24. The second-order valence-corrected chi connectivity index (χ2v) is 7.30. The van der Waals surface area contributed by atoms with Gasteiger partial charge in [-0.15, -0.1) is 0 Å². The molecule has 0 saturated heterocycles. The molecular weight excluding hydrogens is 288 g/mol. The molecule has 0 aromatic rings. The van der Waals surface area contributed by atoms with Gasteiger partial charge in [0.2, 0.25) is 0 Å². The number of rotatable bonds is 7. The Morgan fingerprint density at radius 2 is 1.72 bits per heavy atom. The lowest BCUT2D eigenvalue weighted by molar-refractivity contribution is -0.115. The molecule has 0 heterocycles. The predicted molar refractivity (Wildman–Crippen MR) is 82.0 cm³/mol. The van der Waals surface area contributed by atoms with Gasteiger partial charge in [-0.05, 0) is 24.7 Å². The first-order valence-electron chi connectivity index (χ1n) is 7.37.